The van der Waals surface area contributed by atoms with E-state index in [1.54, 1.807) is 19.1 Å². The van der Waals surface area contributed by atoms with E-state index in [4.69, 9.17) is 15.5 Å². The zero-order chi connectivity index (χ0) is 21.1. The van der Waals surface area contributed by atoms with Crippen LogP contribution in [0.25, 0.3) is 21.9 Å². The molecule has 0 atom stereocenters. The van der Waals surface area contributed by atoms with E-state index in [1.807, 2.05) is 36.4 Å². The summed E-state index contributed by atoms with van der Waals surface area (Å²) < 4.78 is 7.12. The maximum Gasteiger partial charge on any atom is 0.338 e. The Kier molecular flexibility index (Phi) is 5.36. The predicted molar refractivity (Wildman–Crippen MR) is 118 cm³/mol. The molecule has 0 fully saturated rings. The number of esters is 1. The lowest BCUT2D eigenvalue weighted by Crippen LogP contribution is -2.04. The van der Waals surface area contributed by atoms with Crippen LogP contribution in [0.2, 0.25) is 0 Å². The number of hydrogen-bond donors (Lipinski definition) is 1. The molecule has 0 aliphatic rings. The molecule has 2 heterocycles. The molecule has 0 aliphatic carbocycles. The highest BCUT2D eigenvalue weighted by atomic mass is 16.5. The van der Waals surface area contributed by atoms with Crippen molar-refractivity contribution in [3.05, 3.63) is 65.5 Å². The molecule has 4 rings (SSSR count). The predicted octanol–water partition coefficient (Wildman–Crippen LogP) is 3.96. The van der Waals surface area contributed by atoms with Crippen molar-refractivity contribution >= 4 is 33.7 Å². The van der Waals surface area contributed by atoms with E-state index >= 15 is 0 Å². The fourth-order valence-corrected chi connectivity index (χ4v) is 3.47. The third-order valence-corrected chi connectivity index (χ3v) is 4.87. The van der Waals surface area contributed by atoms with Gasteiger partial charge in [0.25, 0.3) is 0 Å². The number of hydrogen-bond acceptors (Lipinski definition) is 5. The van der Waals surface area contributed by atoms with Crippen molar-refractivity contribution in [2.45, 2.75) is 26.8 Å². The molecule has 0 saturated carbocycles. The Bertz CT molecular complexity index is 1290. The van der Waals surface area contributed by atoms with Crippen molar-refractivity contribution in [3.8, 4) is 11.8 Å². The number of imidazole rings is 1. The molecule has 0 unspecified atom stereocenters. The molecule has 6 nitrogen and oxygen atoms in total. The van der Waals surface area contributed by atoms with E-state index in [1.165, 1.54) is 0 Å². The molecule has 4 aromatic rings. The molecule has 2 aromatic carbocycles. The first-order valence-corrected chi connectivity index (χ1v) is 9.91. The first-order chi connectivity index (χ1) is 14.6. The van der Waals surface area contributed by atoms with Gasteiger partial charge < -0.3 is 15.0 Å². The molecular weight excluding hydrogens is 376 g/mol. The van der Waals surface area contributed by atoms with Crippen LogP contribution in [-0.4, -0.2) is 27.1 Å². The minimum Gasteiger partial charge on any atom is -0.462 e. The Balaban J connectivity index is 1.69. The third-order valence-electron chi connectivity index (χ3n) is 4.87. The van der Waals surface area contributed by atoms with Crippen LogP contribution in [-0.2, 0) is 17.7 Å². The smallest absolute Gasteiger partial charge is 0.338 e. The molecule has 0 spiro atoms. The molecule has 150 valence electrons. The van der Waals surface area contributed by atoms with Gasteiger partial charge in [-0.25, -0.2) is 14.8 Å². The number of carbonyl (C=O) groups excluding carboxylic acids is 1. The standard InChI is InChI=1S/C24H22N4O2/c1-3-20-27-21-22(18-9-5-6-10-19(18)26-23(21)25)28(20)15-7-8-16-11-13-17(14-12-16)24(29)30-4-2/h5-6,9-14H,3-4,15H2,1-2H3,(H2,25,26). The minimum absolute atomic E-state index is 0.326. The lowest BCUT2D eigenvalue weighted by atomic mass is 10.1. The number of aromatic nitrogens is 3. The Morgan fingerprint density at radius 2 is 1.87 bits per heavy atom. The van der Waals surface area contributed by atoms with Gasteiger partial charge in [-0.2, -0.15) is 0 Å². The monoisotopic (exact) mass is 398 g/mol. The molecule has 2 N–H and O–H groups in total. The van der Waals surface area contributed by atoms with E-state index < -0.39 is 0 Å². The molecule has 0 radical (unpaired) electrons. The van der Waals surface area contributed by atoms with Gasteiger partial charge in [0.05, 0.1) is 29.7 Å². The number of para-hydroxylation sites is 1. The number of nitrogens with zero attached hydrogens (tertiary/aromatic N) is 3. The molecule has 0 aliphatic heterocycles. The Hall–Kier alpha value is -3.85. The van der Waals surface area contributed by atoms with Crippen molar-refractivity contribution in [2.24, 2.45) is 0 Å². The third kappa shape index (κ3) is 3.58. The summed E-state index contributed by atoms with van der Waals surface area (Å²) in [5, 5.41) is 1.01. The molecule has 2 aromatic heterocycles. The number of carbonyl (C=O) groups is 1. The largest absolute Gasteiger partial charge is 0.462 e. The SMILES string of the molecule is CCOC(=O)c1ccc(C#CCn2c(CC)nc3c(N)nc4ccccc4c32)cc1. The van der Waals surface area contributed by atoms with Gasteiger partial charge >= 0.3 is 5.97 Å². The van der Waals surface area contributed by atoms with Crippen LogP contribution in [0.3, 0.4) is 0 Å². The van der Waals surface area contributed by atoms with Crippen LogP contribution in [0.4, 0.5) is 5.82 Å². The molecule has 6 heteroatoms. The van der Waals surface area contributed by atoms with Crippen molar-refractivity contribution < 1.29 is 9.53 Å². The first-order valence-electron chi connectivity index (χ1n) is 9.91. The number of anilines is 1. The van der Waals surface area contributed by atoms with Crippen LogP contribution < -0.4 is 5.73 Å². The van der Waals surface area contributed by atoms with E-state index in [-0.39, 0.29) is 5.97 Å². The molecule has 30 heavy (non-hydrogen) atoms. The zero-order valence-electron chi connectivity index (χ0n) is 17.0. The number of nitrogen functional groups attached to an aromatic ring is 1. The second-order valence-corrected chi connectivity index (χ2v) is 6.78. The van der Waals surface area contributed by atoms with Gasteiger partial charge in [-0.15, -0.1) is 0 Å². The van der Waals surface area contributed by atoms with E-state index in [0.29, 0.717) is 30.0 Å². The maximum absolute atomic E-state index is 11.8. The summed E-state index contributed by atoms with van der Waals surface area (Å²) in [5.41, 5.74) is 10.0. The summed E-state index contributed by atoms with van der Waals surface area (Å²) in [6.45, 7) is 4.68. The molecule has 0 saturated heterocycles. The van der Waals surface area contributed by atoms with E-state index in [9.17, 15) is 4.79 Å². The summed E-state index contributed by atoms with van der Waals surface area (Å²) in [5.74, 6) is 7.41. The quantitative estimate of drug-likeness (QED) is 0.416. The zero-order valence-corrected chi connectivity index (χ0v) is 17.0. The Labute approximate surface area is 174 Å². The fraction of sp³-hybridized carbons (Fsp3) is 0.208. The minimum atomic E-state index is -0.326. The Morgan fingerprint density at radius 3 is 2.60 bits per heavy atom. The lowest BCUT2D eigenvalue weighted by molar-refractivity contribution is 0.0526. The van der Waals surface area contributed by atoms with Gasteiger partial charge in [0.2, 0.25) is 0 Å². The van der Waals surface area contributed by atoms with Crippen molar-refractivity contribution in [1.29, 1.82) is 0 Å². The molecule has 0 bridgehead atoms. The fourth-order valence-electron chi connectivity index (χ4n) is 3.47. The number of aryl methyl sites for hydroxylation is 1. The van der Waals surface area contributed by atoms with Gasteiger partial charge in [0.15, 0.2) is 5.82 Å². The second kappa shape index (κ2) is 8.26. The highest BCUT2D eigenvalue weighted by Crippen LogP contribution is 2.28. The summed E-state index contributed by atoms with van der Waals surface area (Å²) in [6, 6.07) is 15.0. The summed E-state index contributed by atoms with van der Waals surface area (Å²) in [6.07, 6.45) is 0.762. The van der Waals surface area contributed by atoms with Crippen LogP contribution in [0.1, 0.15) is 35.6 Å². The normalized spacial score (nSPS) is 10.7. The summed E-state index contributed by atoms with van der Waals surface area (Å²) >= 11 is 0. The maximum atomic E-state index is 11.8. The first kappa shape index (κ1) is 19.5. The highest BCUT2D eigenvalue weighted by Gasteiger charge is 2.15. The number of fused-ring (bicyclic) bond motifs is 3. The number of pyridine rings is 1. The lowest BCUT2D eigenvalue weighted by Gasteiger charge is -2.06. The van der Waals surface area contributed by atoms with Gasteiger partial charge in [0.1, 0.15) is 11.3 Å². The van der Waals surface area contributed by atoms with Gasteiger partial charge in [0, 0.05) is 17.4 Å². The van der Waals surface area contributed by atoms with E-state index in [0.717, 1.165) is 34.2 Å². The van der Waals surface area contributed by atoms with Crippen molar-refractivity contribution in [2.75, 3.05) is 12.3 Å². The van der Waals surface area contributed by atoms with Crippen molar-refractivity contribution in [3.63, 3.8) is 0 Å². The van der Waals surface area contributed by atoms with Crippen molar-refractivity contribution in [1.82, 2.24) is 14.5 Å². The highest BCUT2D eigenvalue weighted by molar-refractivity contribution is 6.06. The summed E-state index contributed by atoms with van der Waals surface area (Å²) in [7, 11) is 0. The average Bonchev–Trinajstić information content (AvgIpc) is 3.14. The molecule has 0 amide bonds. The number of benzene rings is 2. The van der Waals surface area contributed by atoms with Crippen LogP contribution >= 0.6 is 0 Å². The van der Waals surface area contributed by atoms with Crippen LogP contribution in [0, 0.1) is 11.8 Å². The summed E-state index contributed by atoms with van der Waals surface area (Å²) in [4.78, 5) is 21.0. The second-order valence-electron chi connectivity index (χ2n) is 6.78. The molecular formula is C24H22N4O2. The van der Waals surface area contributed by atoms with E-state index in [2.05, 4.69) is 28.3 Å². The van der Waals surface area contributed by atoms with Crippen LogP contribution in [0.5, 0.6) is 0 Å². The Morgan fingerprint density at radius 1 is 1.10 bits per heavy atom. The van der Waals surface area contributed by atoms with Crippen LogP contribution in [0.15, 0.2) is 48.5 Å². The number of ether oxygens (including phenoxy) is 1. The van der Waals surface area contributed by atoms with Gasteiger partial charge in [-0.1, -0.05) is 37.0 Å². The van der Waals surface area contributed by atoms with Gasteiger partial charge in [-0.05, 0) is 37.3 Å². The van der Waals surface area contributed by atoms with Gasteiger partial charge in [-0.3, -0.25) is 0 Å². The topological polar surface area (TPSA) is 83.0 Å². The average molecular weight is 398 g/mol. The number of nitrogens with two attached hydrogens (primary N) is 1. The number of rotatable bonds is 4.